The lowest BCUT2D eigenvalue weighted by Crippen LogP contribution is -2.55. The average molecular weight is 595 g/mol. The Morgan fingerprint density at radius 2 is 1.00 bits per heavy atom. The van der Waals surface area contributed by atoms with Gasteiger partial charge < -0.3 is 0 Å². The van der Waals surface area contributed by atoms with Crippen molar-refractivity contribution in [3.63, 3.8) is 0 Å². The van der Waals surface area contributed by atoms with E-state index in [1.54, 1.807) is 0 Å². The lowest BCUT2D eigenvalue weighted by molar-refractivity contribution is -0.0415. The summed E-state index contributed by atoms with van der Waals surface area (Å²) in [7, 11) is 0. The third kappa shape index (κ3) is 3.79. The molecule has 4 saturated carbocycles. The minimum absolute atomic E-state index is 0.000740. The highest BCUT2D eigenvalue weighted by Gasteiger charge is 2.62. The van der Waals surface area contributed by atoms with E-state index >= 15 is 0 Å². The van der Waals surface area contributed by atoms with Crippen molar-refractivity contribution in [2.45, 2.75) is 37.5 Å². The van der Waals surface area contributed by atoms with E-state index in [2.05, 4.69) is 97.1 Å². The van der Waals surface area contributed by atoms with Gasteiger partial charge in [0.1, 0.15) is 0 Å². The highest BCUT2D eigenvalue weighted by atomic mass is 15.0. The molecular weight excluding hydrogens is 560 g/mol. The molecule has 2 aromatic heterocycles. The standard InChI is InChI=1S/C42H34N4/c1-3-9-28(10-4-1)29-16-18-31(19-17-29)40-44-39(30-11-5-2-6-12-30)45-41(46-40)35-13-7-15-36-37(35)34-14-8-20-43-38(34)42(36)32-22-26-21-27(24-32)25-33(42)23-26/h1-20,26-27,32-33H,21-25H2. The summed E-state index contributed by atoms with van der Waals surface area (Å²) in [5.74, 6) is 5.20. The van der Waals surface area contributed by atoms with E-state index in [1.165, 1.54) is 65.6 Å². The van der Waals surface area contributed by atoms with E-state index in [0.717, 1.165) is 34.4 Å². The summed E-state index contributed by atoms with van der Waals surface area (Å²) in [5.41, 5.74) is 10.7. The zero-order chi connectivity index (χ0) is 30.2. The van der Waals surface area contributed by atoms with Crippen molar-refractivity contribution < 1.29 is 0 Å². The number of fused-ring (bicyclic) bond motifs is 3. The molecule has 4 bridgehead atoms. The summed E-state index contributed by atoms with van der Waals surface area (Å²) in [5, 5.41) is 0. The molecule has 0 aliphatic heterocycles. The summed E-state index contributed by atoms with van der Waals surface area (Å²) in [6, 6.07) is 40.6. The Morgan fingerprint density at radius 3 is 1.67 bits per heavy atom. The van der Waals surface area contributed by atoms with Gasteiger partial charge in [0.15, 0.2) is 17.5 Å². The molecule has 0 atom stereocenters. The Kier molecular flexibility index (Phi) is 5.72. The van der Waals surface area contributed by atoms with Crippen LogP contribution in [0.5, 0.6) is 0 Å². The molecule has 4 aromatic carbocycles. The van der Waals surface area contributed by atoms with Crippen LogP contribution >= 0.6 is 0 Å². The van der Waals surface area contributed by atoms with Crippen LogP contribution in [0.1, 0.15) is 43.4 Å². The predicted molar refractivity (Wildman–Crippen MR) is 183 cm³/mol. The molecule has 4 heteroatoms. The summed E-state index contributed by atoms with van der Waals surface area (Å²) in [6.45, 7) is 0. The van der Waals surface area contributed by atoms with Crippen LogP contribution in [-0.2, 0) is 5.41 Å². The molecule has 0 amide bonds. The van der Waals surface area contributed by atoms with Crippen molar-refractivity contribution in [1.29, 1.82) is 0 Å². The van der Waals surface area contributed by atoms with Gasteiger partial charge in [0.05, 0.1) is 5.69 Å². The van der Waals surface area contributed by atoms with Crippen molar-refractivity contribution >= 4 is 0 Å². The normalized spacial score (nSPS) is 25.0. The average Bonchev–Trinajstić information content (AvgIpc) is 3.42. The van der Waals surface area contributed by atoms with E-state index < -0.39 is 0 Å². The topological polar surface area (TPSA) is 51.6 Å². The largest absolute Gasteiger partial charge is 0.260 e. The summed E-state index contributed by atoms with van der Waals surface area (Å²) in [4.78, 5) is 20.7. The van der Waals surface area contributed by atoms with Gasteiger partial charge in [-0.15, -0.1) is 0 Å². The Morgan fingerprint density at radius 1 is 0.457 bits per heavy atom. The van der Waals surface area contributed by atoms with E-state index in [1.807, 2.05) is 24.4 Å². The van der Waals surface area contributed by atoms with Gasteiger partial charge in [0.25, 0.3) is 0 Å². The first kappa shape index (κ1) is 26.3. The molecule has 5 aliphatic rings. The second-order valence-electron chi connectivity index (χ2n) is 13.9. The van der Waals surface area contributed by atoms with Crippen LogP contribution in [0, 0.1) is 23.7 Å². The first-order valence-corrected chi connectivity index (χ1v) is 16.8. The van der Waals surface area contributed by atoms with Crippen LogP contribution in [-0.4, -0.2) is 19.9 Å². The van der Waals surface area contributed by atoms with E-state index in [4.69, 9.17) is 19.9 Å². The van der Waals surface area contributed by atoms with Gasteiger partial charge >= 0.3 is 0 Å². The zero-order valence-corrected chi connectivity index (χ0v) is 25.7. The number of hydrogen-bond acceptors (Lipinski definition) is 4. The number of aromatic nitrogens is 4. The fraction of sp³-hybridized carbons (Fsp3) is 0.238. The van der Waals surface area contributed by atoms with Gasteiger partial charge in [-0.2, -0.15) is 0 Å². The molecule has 46 heavy (non-hydrogen) atoms. The Labute approximate surface area is 269 Å². The maximum Gasteiger partial charge on any atom is 0.164 e. The summed E-state index contributed by atoms with van der Waals surface area (Å²) < 4.78 is 0. The number of benzene rings is 4. The lowest BCUT2D eigenvalue weighted by atomic mass is 9.43. The van der Waals surface area contributed by atoms with E-state index in [-0.39, 0.29) is 5.41 Å². The fourth-order valence-electron chi connectivity index (χ4n) is 9.98. The molecule has 0 saturated heterocycles. The van der Waals surface area contributed by atoms with Crippen molar-refractivity contribution in [3.05, 3.63) is 133 Å². The predicted octanol–water partition coefficient (Wildman–Crippen LogP) is 9.66. The van der Waals surface area contributed by atoms with E-state index in [9.17, 15) is 0 Å². The van der Waals surface area contributed by atoms with E-state index in [0.29, 0.717) is 23.5 Å². The number of hydrogen-bond donors (Lipinski definition) is 0. The maximum absolute atomic E-state index is 5.23. The molecule has 222 valence electrons. The molecule has 2 heterocycles. The van der Waals surface area contributed by atoms with Crippen LogP contribution in [0.3, 0.4) is 0 Å². The molecule has 11 rings (SSSR count). The van der Waals surface area contributed by atoms with Crippen LogP contribution in [0.2, 0.25) is 0 Å². The van der Waals surface area contributed by atoms with Gasteiger partial charge in [0.2, 0.25) is 0 Å². The summed E-state index contributed by atoms with van der Waals surface area (Å²) >= 11 is 0. The molecular formula is C42H34N4. The number of rotatable bonds is 4. The van der Waals surface area contributed by atoms with Crippen molar-refractivity contribution in [3.8, 4) is 56.4 Å². The zero-order valence-electron chi connectivity index (χ0n) is 25.7. The third-order valence-electron chi connectivity index (χ3n) is 11.6. The first-order valence-electron chi connectivity index (χ1n) is 16.8. The highest BCUT2D eigenvalue weighted by Crippen LogP contribution is 2.69. The van der Waals surface area contributed by atoms with Crippen molar-refractivity contribution in [2.24, 2.45) is 23.7 Å². The second kappa shape index (κ2) is 10.0. The minimum Gasteiger partial charge on any atom is -0.260 e. The van der Waals surface area contributed by atoms with Crippen molar-refractivity contribution in [1.82, 2.24) is 19.9 Å². The van der Waals surface area contributed by atoms with Gasteiger partial charge in [-0.25, -0.2) is 15.0 Å². The molecule has 5 aliphatic carbocycles. The molecule has 4 fully saturated rings. The van der Waals surface area contributed by atoms with Gasteiger partial charge in [0, 0.05) is 33.9 Å². The highest BCUT2D eigenvalue weighted by molar-refractivity contribution is 5.91. The number of pyridine rings is 1. The van der Waals surface area contributed by atoms with Crippen LogP contribution in [0.15, 0.2) is 121 Å². The summed E-state index contributed by atoms with van der Waals surface area (Å²) in [6.07, 6.45) is 8.79. The molecule has 1 spiro atoms. The monoisotopic (exact) mass is 594 g/mol. The van der Waals surface area contributed by atoms with Gasteiger partial charge in [-0.3, -0.25) is 4.98 Å². The minimum atomic E-state index is 0.000740. The van der Waals surface area contributed by atoms with Crippen LogP contribution in [0.4, 0.5) is 0 Å². The second-order valence-corrected chi connectivity index (χ2v) is 13.9. The Hall–Kier alpha value is -4.96. The Balaban J connectivity index is 1.17. The molecule has 0 unspecified atom stereocenters. The number of nitrogens with zero attached hydrogens (tertiary/aromatic N) is 4. The van der Waals surface area contributed by atoms with Gasteiger partial charge in [-0.1, -0.05) is 109 Å². The van der Waals surface area contributed by atoms with Gasteiger partial charge in [-0.05, 0) is 84.1 Å². The molecule has 4 nitrogen and oxygen atoms in total. The Bertz CT molecular complexity index is 2070. The molecule has 0 radical (unpaired) electrons. The van der Waals surface area contributed by atoms with Crippen LogP contribution in [0.25, 0.3) is 56.4 Å². The SMILES string of the molecule is c1ccc(-c2ccc(-c3nc(-c4ccccc4)nc(-c4cccc5c4-c4cccnc4C54C5CC6CC(C5)CC4C6)n3)cc2)cc1. The quantitative estimate of drug-likeness (QED) is 0.204. The lowest BCUT2D eigenvalue weighted by Gasteiger charge is -2.60. The first-order chi connectivity index (χ1) is 22.8. The van der Waals surface area contributed by atoms with Crippen molar-refractivity contribution in [2.75, 3.05) is 0 Å². The fourth-order valence-corrected chi connectivity index (χ4v) is 9.98. The smallest absolute Gasteiger partial charge is 0.164 e. The molecule has 0 N–H and O–H groups in total. The van der Waals surface area contributed by atoms with Crippen LogP contribution < -0.4 is 0 Å². The third-order valence-corrected chi connectivity index (χ3v) is 11.6. The maximum atomic E-state index is 5.23. The molecule has 6 aromatic rings.